The topological polar surface area (TPSA) is 42.7 Å². The van der Waals surface area contributed by atoms with Gasteiger partial charge in [-0.3, -0.25) is 9.67 Å². The molecule has 0 aliphatic rings. The van der Waals surface area contributed by atoms with Crippen LogP contribution in [0.3, 0.4) is 0 Å². The molecule has 0 aliphatic heterocycles. The molecule has 3 rings (SSSR count). The Balaban J connectivity index is 1.89. The molecule has 0 amide bonds. The Hall–Kier alpha value is -1.72. The van der Waals surface area contributed by atoms with Gasteiger partial charge in [-0.25, -0.2) is 0 Å². The van der Waals surface area contributed by atoms with Crippen molar-refractivity contribution < 1.29 is 0 Å². The van der Waals surface area contributed by atoms with Crippen molar-refractivity contribution in [2.75, 3.05) is 6.54 Å². The quantitative estimate of drug-likeness (QED) is 0.785. The van der Waals surface area contributed by atoms with E-state index in [0.717, 1.165) is 29.9 Å². The van der Waals surface area contributed by atoms with Gasteiger partial charge in [0.1, 0.15) is 0 Å². The van der Waals surface area contributed by atoms with E-state index in [1.165, 1.54) is 10.3 Å². The summed E-state index contributed by atoms with van der Waals surface area (Å²) < 4.78 is 3.08. The summed E-state index contributed by atoms with van der Waals surface area (Å²) in [5, 5.41) is 10.2. The fourth-order valence-corrected chi connectivity index (χ4v) is 3.16. The summed E-state index contributed by atoms with van der Waals surface area (Å²) in [5.74, 6) is 0.647. The van der Waals surface area contributed by atoms with Crippen LogP contribution in [0.25, 0.3) is 21.5 Å². The molecule has 0 radical (unpaired) electrons. The summed E-state index contributed by atoms with van der Waals surface area (Å²) >= 11 is 1.72. The minimum Gasteiger partial charge on any atom is -0.312 e. The highest BCUT2D eigenvalue weighted by Crippen LogP contribution is 2.27. The first-order valence-corrected chi connectivity index (χ1v) is 8.08. The first-order chi connectivity index (χ1) is 10.1. The summed E-state index contributed by atoms with van der Waals surface area (Å²) in [7, 11) is 1.96. The molecule has 0 aliphatic carbocycles. The number of nitrogens with one attached hydrogen (secondary N) is 1. The van der Waals surface area contributed by atoms with E-state index in [1.807, 2.05) is 24.0 Å². The van der Waals surface area contributed by atoms with E-state index in [0.29, 0.717) is 5.92 Å². The summed E-state index contributed by atoms with van der Waals surface area (Å²) in [6.45, 7) is 6.28. The fourth-order valence-electron chi connectivity index (χ4n) is 2.38. The highest BCUT2D eigenvalue weighted by molar-refractivity contribution is 7.17. The normalized spacial score (nSPS) is 11.6. The second kappa shape index (κ2) is 5.95. The first kappa shape index (κ1) is 14.2. The summed E-state index contributed by atoms with van der Waals surface area (Å²) in [5.41, 5.74) is 4.39. The molecule has 1 N–H and O–H groups in total. The Morgan fingerprint density at radius 3 is 3.05 bits per heavy atom. The van der Waals surface area contributed by atoms with Crippen LogP contribution in [0.5, 0.6) is 0 Å². The number of thiophene rings is 1. The molecule has 21 heavy (non-hydrogen) atoms. The van der Waals surface area contributed by atoms with Crippen molar-refractivity contribution in [1.82, 2.24) is 20.1 Å². The number of rotatable bonds is 5. The molecule has 0 bridgehead atoms. The minimum atomic E-state index is 0.647. The highest BCUT2D eigenvalue weighted by atomic mass is 32.1. The molecule has 5 heteroatoms. The monoisotopic (exact) mass is 300 g/mol. The largest absolute Gasteiger partial charge is 0.312 e. The van der Waals surface area contributed by atoms with E-state index >= 15 is 0 Å². The number of nitrogens with zero attached hydrogens (tertiary/aromatic N) is 3. The smallest absolute Gasteiger partial charge is 0.0983 e. The number of pyridine rings is 1. The Labute approximate surface area is 128 Å². The number of aryl methyl sites for hydroxylation is 1. The van der Waals surface area contributed by atoms with Gasteiger partial charge in [-0.1, -0.05) is 13.8 Å². The molecule has 3 aromatic rings. The predicted molar refractivity (Wildman–Crippen MR) is 88.4 cm³/mol. The van der Waals surface area contributed by atoms with Crippen LogP contribution in [0.2, 0.25) is 0 Å². The third-order valence-corrected chi connectivity index (χ3v) is 4.20. The van der Waals surface area contributed by atoms with E-state index < -0.39 is 0 Å². The molecule has 3 heterocycles. The van der Waals surface area contributed by atoms with Gasteiger partial charge in [0, 0.05) is 37.1 Å². The summed E-state index contributed by atoms with van der Waals surface area (Å²) in [6.07, 6.45) is 4.00. The SMILES string of the molecule is CC(C)CNCc1cn(C)nc1-c1cnc2ccsc2c1. The van der Waals surface area contributed by atoms with Gasteiger partial charge >= 0.3 is 0 Å². The third kappa shape index (κ3) is 3.14. The maximum Gasteiger partial charge on any atom is 0.0983 e. The van der Waals surface area contributed by atoms with Gasteiger partial charge in [-0.2, -0.15) is 5.10 Å². The molecule has 3 aromatic heterocycles. The standard InChI is InChI=1S/C16H20N4S/c1-11(2)7-17-8-13-10-20(3)19-16(13)12-6-15-14(18-9-12)4-5-21-15/h4-6,9-11,17H,7-8H2,1-3H3. The third-order valence-electron chi connectivity index (χ3n) is 3.35. The Morgan fingerprint density at radius 2 is 2.24 bits per heavy atom. The van der Waals surface area contributed by atoms with Crippen LogP contribution in [-0.2, 0) is 13.6 Å². The summed E-state index contributed by atoms with van der Waals surface area (Å²) in [4.78, 5) is 4.52. The van der Waals surface area contributed by atoms with E-state index in [1.54, 1.807) is 11.3 Å². The fraction of sp³-hybridized carbons (Fsp3) is 0.375. The van der Waals surface area contributed by atoms with Gasteiger partial charge in [0.15, 0.2) is 0 Å². The molecule has 4 nitrogen and oxygen atoms in total. The highest BCUT2D eigenvalue weighted by Gasteiger charge is 2.11. The molecule has 0 unspecified atom stereocenters. The van der Waals surface area contributed by atoms with Gasteiger partial charge in [0.25, 0.3) is 0 Å². The zero-order valence-corrected chi connectivity index (χ0v) is 13.4. The van der Waals surface area contributed by atoms with Crippen molar-refractivity contribution in [3.05, 3.63) is 35.5 Å². The van der Waals surface area contributed by atoms with Crippen LogP contribution in [0.4, 0.5) is 0 Å². The van der Waals surface area contributed by atoms with Crippen LogP contribution in [0.1, 0.15) is 19.4 Å². The Morgan fingerprint density at radius 1 is 1.38 bits per heavy atom. The number of hydrogen-bond acceptors (Lipinski definition) is 4. The van der Waals surface area contributed by atoms with Gasteiger partial charge < -0.3 is 5.32 Å². The molecule has 0 aromatic carbocycles. The lowest BCUT2D eigenvalue weighted by molar-refractivity contribution is 0.552. The predicted octanol–water partition coefficient (Wildman–Crippen LogP) is 3.44. The lowest BCUT2D eigenvalue weighted by atomic mass is 10.1. The molecule has 0 fully saturated rings. The Bertz CT molecular complexity index is 742. The first-order valence-electron chi connectivity index (χ1n) is 7.20. The van der Waals surface area contributed by atoms with Crippen molar-refractivity contribution in [2.45, 2.75) is 20.4 Å². The van der Waals surface area contributed by atoms with E-state index in [4.69, 9.17) is 0 Å². The number of fused-ring (bicyclic) bond motifs is 1. The van der Waals surface area contributed by atoms with Crippen molar-refractivity contribution >= 4 is 21.6 Å². The van der Waals surface area contributed by atoms with E-state index in [-0.39, 0.29) is 0 Å². The van der Waals surface area contributed by atoms with Crippen LogP contribution >= 0.6 is 11.3 Å². The second-order valence-corrected chi connectivity index (χ2v) is 6.68. The van der Waals surface area contributed by atoms with Crippen LogP contribution in [0.15, 0.2) is 29.9 Å². The van der Waals surface area contributed by atoms with Gasteiger partial charge in [0.2, 0.25) is 0 Å². The van der Waals surface area contributed by atoms with Gasteiger partial charge in [-0.05, 0) is 30.0 Å². The lowest BCUT2D eigenvalue weighted by Crippen LogP contribution is -2.19. The molecule has 0 saturated heterocycles. The lowest BCUT2D eigenvalue weighted by Gasteiger charge is -2.07. The molecular formula is C16H20N4S. The number of aromatic nitrogens is 3. The molecule has 110 valence electrons. The van der Waals surface area contributed by atoms with Crippen LogP contribution < -0.4 is 5.32 Å². The van der Waals surface area contributed by atoms with Crippen LogP contribution in [-0.4, -0.2) is 21.3 Å². The van der Waals surface area contributed by atoms with Crippen molar-refractivity contribution in [1.29, 1.82) is 0 Å². The molecule has 0 saturated carbocycles. The van der Waals surface area contributed by atoms with Crippen molar-refractivity contribution in [3.63, 3.8) is 0 Å². The maximum absolute atomic E-state index is 4.61. The van der Waals surface area contributed by atoms with E-state index in [9.17, 15) is 0 Å². The maximum atomic E-state index is 4.61. The average molecular weight is 300 g/mol. The van der Waals surface area contributed by atoms with E-state index in [2.05, 4.69) is 46.9 Å². The van der Waals surface area contributed by atoms with Crippen molar-refractivity contribution in [3.8, 4) is 11.3 Å². The van der Waals surface area contributed by atoms with Gasteiger partial charge in [0.05, 0.1) is 15.9 Å². The second-order valence-electron chi connectivity index (χ2n) is 5.73. The summed E-state index contributed by atoms with van der Waals surface area (Å²) in [6, 6.07) is 4.23. The zero-order valence-electron chi connectivity index (χ0n) is 12.6. The van der Waals surface area contributed by atoms with Crippen molar-refractivity contribution in [2.24, 2.45) is 13.0 Å². The molecule has 0 spiro atoms. The molecule has 0 atom stereocenters. The minimum absolute atomic E-state index is 0.647. The molecular weight excluding hydrogens is 280 g/mol. The zero-order chi connectivity index (χ0) is 14.8. The Kier molecular flexibility index (Phi) is 4.03. The van der Waals surface area contributed by atoms with Crippen LogP contribution in [0, 0.1) is 5.92 Å². The number of hydrogen-bond donors (Lipinski definition) is 1. The average Bonchev–Trinajstić information content (AvgIpc) is 3.03. The van der Waals surface area contributed by atoms with Gasteiger partial charge in [-0.15, -0.1) is 11.3 Å².